The molecule has 0 radical (unpaired) electrons. The molecule has 0 aromatic rings. The molecule has 2 aliphatic rings. The first-order valence-corrected chi connectivity index (χ1v) is 5.49. The third kappa shape index (κ3) is 1.39. The smallest absolute Gasteiger partial charge is 0.104 e. The predicted octanol–water partition coefficient (Wildman–Crippen LogP) is 3.67. The van der Waals surface area contributed by atoms with E-state index in [4.69, 9.17) is 4.74 Å². The Labute approximate surface area is 86.8 Å². The van der Waals surface area contributed by atoms with Gasteiger partial charge >= 0.3 is 0 Å². The molecule has 1 nitrogen and oxygen atoms in total. The summed E-state index contributed by atoms with van der Waals surface area (Å²) in [6.07, 6.45) is 3.54. The lowest BCUT2D eigenvalue weighted by atomic mass is 9.80. The van der Waals surface area contributed by atoms with Crippen molar-refractivity contribution in [2.75, 3.05) is 0 Å². The van der Waals surface area contributed by atoms with E-state index in [0.717, 1.165) is 6.42 Å². The van der Waals surface area contributed by atoms with E-state index in [0.29, 0.717) is 11.8 Å². The Kier molecular flexibility index (Phi) is 2.02. The maximum absolute atomic E-state index is 6.04. The van der Waals surface area contributed by atoms with Crippen LogP contribution in [-0.2, 0) is 4.74 Å². The predicted molar refractivity (Wildman–Crippen MR) is 58.9 cm³/mol. The molecule has 2 rings (SSSR count). The van der Waals surface area contributed by atoms with Gasteiger partial charge in [0.15, 0.2) is 0 Å². The summed E-state index contributed by atoms with van der Waals surface area (Å²) in [7, 11) is 0. The molecule has 2 atom stereocenters. The monoisotopic (exact) mass is 192 g/mol. The lowest BCUT2D eigenvalue weighted by Crippen LogP contribution is -2.17. The maximum Gasteiger partial charge on any atom is 0.104 e. The van der Waals surface area contributed by atoms with Crippen LogP contribution in [0.4, 0.5) is 0 Å². The van der Waals surface area contributed by atoms with Crippen LogP contribution >= 0.6 is 0 Å². The van der Waals surface area contributed by atoms with Gasteiger partial charge in [0.2, 0.25) is 0 Å². The Morgan fingerprint density at radius 2 is 2.00 bits per heavy atom. The molecule has 1 heterocycles. The van der Waals surface area contributed by atoms with Gasteiger partial charge in [0.05, 0.1) is 0 Å². The zero-order valence-corrected chi connectivity index (χ0v) is 9.85. The molecule has 0 aromatic heterocycles. The molecule has 78 valence electrons. The first-order chi connectivity index (χ1) is 6.41. The highest BCUT2D eigenvalue weighted by molar-refractivity contribution is 5.37. The molecular weight excluding hydrogens is 172 g/mol. The van der Waals surface area contributed by atoms with E-state index in [1.165, 1.54) is 16.9 Å². The average Bonchev–Trinajstić information content (AvgIpc) is 2.38. The molecule has 1 fully saturated rings. The first-order valence-electron chi connectivity index (χ1n) is 5.49. The second-order valence-corrected chi connectivity index (χ2v) is 5.37. The van der Waals surface area contributed by atoms with Crippen molar-refractivity contribution in [2.24, 2.45) is 11.8 Å². The van der Waals surface area contributed by atoms with E-state index in [-0.39, 0.29) is 5.60 Å². The van der Waals surface area contributed by atoms with Gasteiger partial charge in [-0.2, -0.15) is 0 Å². The Balaban J connectivity index is 2.40. The zero-order valence-electron chi connectivity index (χ0n) is 9.85. The van der Waals surface area contributed by atoms with Crippen molar-refractivity contribution in [3.63, 3.8) is 0 Å². The summed E-state index contributed by atoms with van der Waals surface area (Å²) >= 11 is 0. The number of fused-ring (bicyclic) bond motifs is 1. The van der Waals surface area contributed by atoms with Gasteiger partial charge in [-0.1, -0.05) is 13.0 Å². The van der Waals surface area contributed by atoms with Crippen LogP contribution in [0.5, 0.6) is 0 Å². The number of hydrogen-bond acceptors (Lipinski definition) is 1. The zero-order chi connectivity index (χ0) is 10.5. The third-order valence-electron chi connectivity index (χ3n) is 3.54. The minimum atomic E-state index is 0.0357. The summed E-state index contributed by atoms with van der Waals surface area (Å²) < 4.78 is 6.04. The number of ether oxygens (including phenoxy) is 1. The second kappa shape index (κ2) is 2.88. The molecule has 1 saturated heterocycles. The average molecular weight is 192 g/mol. The number of rotatable bonds is 0. The van der Waals surface area contributed by atoms with Gasteiger partial charge in [0.1, 0.15) is 11.4 Å². The second-order valence-electron chi connectivity index (χ2n) is 5.37. The highest BCUT2D eigenvalue weighted by atomic mass is 16.5. The molecule has 1 aliphatic heterocycles. The highest BCUT2D eigenvalue weighted by Crippen LogP contribution is 2.46. The summed E-state index contributed by atoms with van der Waals surface area (Å²) in [6, 6.07) is 0. The van der Waals surface area contributed by atoms with Crippen LogP contribution in [0, 0.1) is 11.8 Å². The van der Waals surface area contributed by atoms with Gasteiger partial charge in [0.25, 0.3) is 0 Å². The Morgan fingerprint density at radius 3 is 2.64 bits per heavy atom. The topological polar surface area (TPSA) is 9.23 Å². The fourth-order valence-corrected chi connectivity index (χ4v) is 2.65. The van der Waals surface area contributed by atoms with Crippen LogP contribution in [0.2, 0.25) is 0 Å². The van der Waals surface area contributed by atoms with Crippen molar-refractivity contribution in [3.05, 3.63) is 23.0 Å². The Morgan fingerprint density at radius 1 is 1.36 bits per heavy atom. The van der Waals surface area contributed by atoms with Crippen molar-refractivity contribution in [3.8, 4) is 0 Å². The Hall–Kier alpha value is -0.720. The van der Waals surface area contributed by atoms with Crippen LogP contribution in [0.25, 0.3) is 0 Å². The van der Waals surface area contributed by atoms with Crippen LogP contribution in [0.3, 0.4) is 0 Å². The van der Waals surface area contributed by atoms with Gasteiger partial charge in [-0.3, -0.25) is 0 Å². The molecule has 0 N–H and O–H groups in total. The molecule has 0 aromatic carbocycles. The normalized spacial score (nSPS) is 35.1. The van der Waals surface area contributed by atoms with Crippen LogP contribution in [0.1, 0.15) is 41.0 Å². The molecule has 0 amide bonds. The third-order valence-corrected chi connectivity index (χ3v) is 3.54. The van der Waals surface area contributed by atoms with Crippen LogP contribution in [0.15, 0.2) is 23.0 Å². The summed E-state index contributed by atoms with van der Waals surface area (Å²) in [5.74, 6) is 2.51. The van der Waals surface area contributed by atoms with E-state index >= 15 is 0 Å². The van der Waals surface area contributed by atoms with E-state index in [1.807, 2.05) is 0 Å². The van der Waals surface area contributed by atoms with Crippen molar-refractivity contribution < 1.29 is 4.74 Å². The largest absolute Gasteiger partial charge is 0.492 e. The molecule has 0 unspecified atom stereocenters. The van der Waals surface area contributed by atoms with Gasteiger partial charge in [0, 0.05) is 5.92 Å². The molecular formula is C13H20O. The summed E-state index contributed by atoms with van der Waals surface area (Å²) in [5, 5.41) is 0. The quantitative estimate of drug-likeness (QED) is 0.569. The SMILES string of the molecule is CC1=C[C@@H](C)[C@H]2CC(C)(C)OC2=C1C. The molecule has 0 saturated carbocycles. The van der Waals surface area contributed by atoms with Gasteiger partial charge < -0.3 is 4.74 Å². The van der Waals surface area contributed by atoms with Crippen molar-refractivity contribution in [1.29, 1.82) is 0 Å². The maximum atomic E-state index is 6.04. The highest BCUT2D eigenvalue weighted by Gasteiger charge is 2.41. The standard InChI is InChI=1S/C13H20O/c1-8-6-9(2)11-7-13(4,5)14-12(11)10(8)3/h6,9,11H,7H2,1-5H3/t9-,11-/m1/s1. The van der Waals surface area contributed by atoms with Crippen LogP contribution in [-0.4, -0.2) is 5.60 Å². The van der Waals surface area contributed by atoms with E-state index in [9.17, 15) is 0 Å². The van der Waals surface area contributed by atoms with E-state index in [2.05, 4.69) is 40.7 Å². The summed E-state index contributed by atoms with van der Waals surface area (Å²) in [6.45, 7) is 11.0. The van der Waals surface area contributed by atoms with E-state index in [1.54, 1.807) is 0 Å². The minimum absolute atomic E-state index is 0.0357. The van der Waals surface area contributed by atoms with Crippen LogP contribution < -0.4 is 0 Å². The lowest BCUT2D eigenvalue weighted by Gasteiger charge is -2.24. The molecule has 1 aliphatic carbocycles. The molecule has 0 spiro atoms. The van der Waals surface area contributed by atoms with E-state index < -0.39 is 0 Å². The summed E-state index contributed by atoms with van der Waals surface area (Å²) in [4.78, 5) is 0. The molecule has 1 heteroatoms. The molecule has 0 bridgehead atoms. The van der Waals surface area contributed by atoms with Crippen molar-refractivity contribution in [1.82, 2.24) is 0 Å². The lowest BCUT2D eigenvalue weighted by molar-refractivity contribution is 0.0751. The van der Waals surface area contributed by atoms with Crippen molar-refractivity contribution >= 4 is 0 Å². The fraction of sp³-hybridized carbons (Fsp3) is 0.692. The minimum Gasteiger partial charge on any atom is -0.492 e. The molecule has 14 heavy (non-hydrogen) atoms. The van der Waals surface area contributed by atoms with Gasteiger partial charge in [-0.25, -0.2) is 0 Å². The first kappa shape index (κ1) is 9.82. The van der Waals surface area contributed by atoms with Crippen molar-refractivity contribution in [2.45, 2.75) is 46.6 Å². The summed E-state index contributed by atoms with van der Waals surface area (Å²) in [5.41, 5.74) is 2.79. The number of allylic oxidation sites excluding steroid dienone is 4. The van der Waals surface area contributed by atoms with Gasteiger partial charge in [-0.05, 0) is 51.2 Å². The number of hydrogen-bond donors (Lipinski definition) is 0. The van der Waals surface area contributed by atoms with Gasteiger partial charge in [-0.15, -0.1) is 0 Å². The fourth-order valence-electron chi connectivity index (χ4n) is 2.65. The Bertz CT molecular complexity index is 320.